The number of carbonyl (C=O) groups is 1. The number of nitrogens with zero attached hydrogens (tertiary/aromatic N) is 1. The van der Waals surface area contributed by atoms with E-state index in [-0.39, 0.29) is 5.91 Å². The first-order valence-corrected chi connectivity index (χ1v) is 7.22. The molecule has 0 spiro atoms. The summed E-state index contributed by atoms with van der Waals surface area (Å²) in [6, 6.07) is 6.74. The first-order chi connectivity index (χ1) is 9.15. The molecule has 0 radical (unpaired) electrons. The molecule has 7 heteroatoms. The lowest BCUT2D eigenvalue weighted by atomic mass is 10.3. The number of carbonyl (C=O) groups excluding carboxylic acids is 1. The van der Waals surface area contributed by atoms with E-state index in [4.69, 9.17) is 9.88 Å². The fourth-order valence-corrected chi connectivity index (χ4v) is 2.32. The van der Waals surface area contributed by atoms with Gasteiger partial charge in [0.2, 0.25) is 5.91 Å². The van der Waals surface area contributed by atoms with Crippen molar-refractivity contribution in [3.63, 3.8) is 0 Å². The highest BCUT2D eigenvalue weighted by Gasteiger charge is 2.14. The second-order valence-electron chi connectivity index (χ2n) is 4.26. The van der Waals surface area contributed by atoms with Crippen LogP contribution in [-0.2, 0) is 20.5 Å². The Balaban J connectivity index is 1.90. The van der Waals surface area contributed by atoms with Crippen LogP contribution in [0.4, 0.5) is 5.69 Å². The number of benzene rings is 1. The molecule has 104 valence electrons. The molecular weight excluding hydrogens is 266 g/mol. The van der Waals surface area contributed by atoms with Crippen LogP contribution >= 0.6 is 0 Å². The fraction of sp³-hybridized carbons (Fsp3) is 0.417. The highest BCUT2D eigenvalue weighted by atomic mass is 32.2. The molecule has 19 heavy (non-hydrogen) atoms. The topological polar surface area (TPSA) is 84.7 Å². The maximum absolute atomic E-state index is 11.9. The SMILES string of the molecule is NS(=O)c1cccc(NC(=O)CN2CCOCC2)c1. The maximum Gasteiger partial charge on any atom is 0.238 e. The van der Waals surface area contributed by atoms with E-state index in [0.29, 0.717) is 30.3 Å². The van der Waals surface area contributed by atoms with Gasteiger partial charge in [-0.05, 0) is 18.2 Å². The normalized spacial score (nSPS) is 17.9. The molecule has 0 aromatic heterocycles. The zero-order chi connectivity index (χ0) is 13.7. The second kappa shape index (κ2) is 6.76. The van der Waals surface area contributed by atoms with Gasteiger partial charge in [0, 0.05) is 18.8 Å². The molecular formula is C12H17N3O3S. The van der Waals surface area contributed by atoms with Crippen molar-refractivity contribution < 1.29 is 13.7 Å². The number of amides is 1. The predicted molar refractivity (Wildman–Crippen MR) is 72.9 cm³/mol. The Kier molecular flexibility index (Phi) is 5.03. The summed E-state index contributed by atoms with van der Waals surface area (Å²) < 4.78 is 16.4. The summed E-state index contributed by atoms with van der Waals surface area (Å²) in [7, 11) is -1.54. The van der Waals surface area contributed by atoms with Crippen molar-refractivity contribution in [2.45, 2.75) is 4.90 Å². The molecule has 1 saturated heterocycles. The smallest absolute Gasteiger partial charge is 0.238 e. The van der Waals surface area contributed by atoms with E-state index in [9.17, 15) is 9.00 Å². The number of nitrogens with one attached hydrogen (secondary N) is 1. The van der Waals surface area contributed by atoms with Crippen LogP contribution in [-0.4, -0.2) is 47.9 Å². The highest BCUT2D eigenvalue weighted by Crippen LogP contribution is 2.12. The quantitative estimate of drug-likeness (QED) is 0.810. The Morgan fingerprint density at radius 1 is 1.42 bits per heavy atom. The Bertz CT molecular complexity index is 475. The first kappa shape index (κ1) is 14.1. The van der Waals surface area contributed by atoms with Gasteiger partial charge >= 0.3 is 0 Å². The summed E-state index contributed by atoms with van der Waals surface area (Å²) in [4.78, 5) is 14.4. The van der Waals surface area contributed by atoms with Gasteiger partial charge in [-0.2, -0.15) is 0 Å². The molecule has 1 aromatic carbocycles. The monoisotopic (exact) mass is 283 g/mol. The van der Waals surface area contributed by atoms with Gasteiger partial charge in [-0.3, -0.25) is 9.69 Å². The maximum atomic E-state index is 11.9. The van der Waals surface area contributed by atoms with Gasteiger partial charge in [0.1, 0.15) is 11.0 Å². The van der Waals surface area contributed by atoms with Gasteiger partial charge in [0.05, 0.1) is 24.7 Å². The van der Waals surface area contributed by atoms with E-state index in [2.05, 4.69) is 5.32 Å². The number of hydrogen-bond donors (Lipinski definition) is 2. The molecule has 1 atom stereocenters. The molecule has 0 saturated carbocycles. The minimum atomic E-state index is -1.54. The zero-order valence-corrected chi connectivity index (χ0v) is 11.3. The Labute approximate surface area is 114 Å². The number of nitrogens with two attached hydrogens (primary N) is 1. The van der Waals surface area contributed by atoms with Gasteiger partial charge in [0.15, 0.2) is 0 Å². The highest BCUT2D eigenvalue weighted by molar-refractivity contribution is 7.82. The minimum absolute atomic E-state index is 0.0955. The number of ether oxygens (including phenoxy) is 1. The zero-order valence-electron chi connectivity index (χ0n) is 10.5. The third kappa shape index (κ3) is 4.39. The average molecular weight is 283 g/mol. The van der Waals surface area contributed by atoms with Crippen LogP contribution in [0.1, 0.15) is 0 Å². The van der Waals surface area contributed by atoms with E-state index in [1.165, 1.54) is 0 Å². The van der Waals surface area contributed by atoms with Crippen molar-refractivity contribution in [2.75, 3.05) is 38.2 Å². The van der Waals surface area contributed by atoms with Gasteiger partial charge in [0.25, 0.3) is 0 Å². The molecule has 1 aliphatic heterocycles. The second-order valence-corrected chi connectivity index (χ2v) is 5.33. The van der Waals surface area contributed by atoms with Gasteiger partial charge in [-0.15, -0.1) is 0 Å². The van der Waals surface area contributed by atoms with E-state index in [0.717, 1.165) is 13.1 Å². The molecule has 1 heterocycles. The molecule has 1 amide bonds. The van der Waals surface area contributed by atoms with Crippen LogP contribution in [0.2, 0.25) is 0 Å². The first-order valence-electron chi connectivity index (χ1n) is 6.01. The van der Waals surface area contributed by atoms with Crippen molar-refractivity contribution in [2.24, 2.45) is 5.14 Å². The van der Waals surface area contributed by atoms with Crippen LogP contribution < -0.4 is 10.5 Å². The third-order valence-corrected chi connectivity index (χ3v) is 3.54. The van der Waals surface area contributed by atoms with Crippen LogP contribution in [0.3, 0.4) is 0 Å². The largest absolute Gasteiger partial charge is 0.379 e. The molecule has 3 N–H and O–H groups in total. The number of morpholine rings is 1. The van der Waals surface area contributed by atoms with E-state index < -0.39 is 11.0 Å². The summed E-state index contributed by atoms with van der Waals surface area (Å²) in [5.41, 5.74) is 0.606. The molecule has 2 rings (SSSR count). The van der Waals surface area contributed by atoms with Crippen LogP contribution in [0, 0.1) is 0 Å². The molecule has 1 unspecified atom stereocenters. The number of anilines is 1. The van der Waals surface area contributed by atoms with Crippen molar-refractivity contribution in [1.82, 2.24) is 4.90 Å². The van der Waals surface area contributed by atoms with Crippen molar-refractivity contribution in [3.8, 4) is 0 Å². The molecule has 0 bridgehead atoms. The minimum Gasteiger partial charge on any atom is -0.379 e. The predicted octanol–water partition coefficient (Wildman–Crippen LogP) is -0.0614. The van der Waals surface area contributed by atoms with E-state index in [1.807, 2.05) is 4.90 Å². The average Bonchev–Trinajstić information content (AvgIpc) is 2.40. The lowest BCUT2D eigenvalue weighted by molar-refractivity contribution is -0.118. The fourth-order valence-electron chi connectivity index (χ4n) is 1.86. The van der Waals surface area contributed by atoms with Crippen molar-refractivity contribution in [3.05, 3.63) is 24.3 Å². The summed E-state index contributed by atoms with van der Waals surface area (Å²) in [6.45, 7) is 3.18. The Morgan fingerprint density at radius 3 is 2.84 bits per heavy atom. The lowest BCUT2D eigenvalue weighted by Crippen LogP contribution is -2.41. The van der Waals surface area contributed by atoms with Crippen molar-refractivity contribution >= 4 is 22.6 Å². The number of rotatable bonds is 4. The van der Waals surface area contributed by atoms with Gasteiger partial charge in [-0.25, -0.2) is 9.35 Å². The van der Waals surface area contributed by atoms with Crippen LogP contribution in [0.5, 0.6) is 0 Å². The molecule has 6 nitrogen and oxygen atoms in total. The lowest BCUT2D eigenvalue weighted by Gasteiger charge is -2.25. The Hall–Kier alpha value is -1.28. The number of hydrogen-bond acceptors (Lipinski definition) is 4. The molecule has 1 aliphatic rings. The van der Waals surface area contributed by atoms with Crippen molar-refractivity contribution in [1.29, 1.82) is 0 Å². The summed E-state index contributed by atoms with van der Waals surface area (Å²) in [6.07, 6.45) is 0. The van der Waals surface area contributed by atoms with Crippen LogP contribution in [0.15, 0.2) is 29.2 Å². The van der Waals surface area contributed by atoms with Gasteiger partial charge < -0.3 is 10.1 Å². The van der Waals surface area contributed by atoms with E-state index in [1.54, 1.807) is 24.3 Å². The third-order valence-electron chi connectivity index (χ3n) is 2.82. The summed E-state index contributed by atoms with van der Waals surface area (Å²) in [5.74, 6) is -0.0955. The Morgan fingerprint density at radius 2 is 2.16 bits per heavy atom. The molecule has 1 aromatic rings. The van der Waals surface area contributed by atoms with E-state index >= 15 is 0 Å². The summed E-state index contributed by atoms with van der Waals surface area (Å²) >= 11 is 0. The molecule has 0 aliphatic carbocycles. The van der Waals surface area contributed by atoms with Gasteiger partial charge in [-0.1, -0.05) is 6.07 Å². The molecule has 1 fully saturated rings. The summed E-state index contributed by atoms with van der Waals surface area (Å²) in [5, 5.41) is 8.07. The van der Waals surface area contributed by atoms with Crippen LogP contribution in [0.25, 0.3) is 0 Å². The standard InChI is InChI=1S/C12H17N3O3S/c13-19(17)11-3-1-2-10(8-11)14-12(16)9-15-4-6-18-7-5-15/h1-3,8H,4-7,9,13H2,(H,14,16).